The highest BCUT2D eigenvalue weighted by Gasteiger charge is 2.05. The van der Waals surface area contributed by atoms with Gasteiger partial charge in [-0.05, 0) is 25.5 Å². The highest BCUT2D eigenvalue weighted by Crippen LogP contribution is 2.20. The van der Waals surface area contributed by atoms with Crippen molar-refractivity contribution >= 4 is 17.2 Å². The molecule has 0 atom stereocenters. The molecule has 112 valence electrons. The van der Waals surface area contributed by atoms with Gasteiger partial charge in [-0.25, -0.2) is 15.0 Å². The fourth-order valence-corrected chi connectivity index (χ4v) is 2.90. The molecular formula is C16H17N5S. The Kier molecular flexibility index (Phi) is 4.70. The highest BCUT2D eigenvalue weighted by atomic mass is 32.1. The summed E-state index contributed by atoms with van der Waals surface area (Å²) in [5.41, 5.74) is 2.86. The van der Waals surface area contributed by atoms with Crippen molar-refractivity contribution in [2.24, 2.45) is 0 Å². The third-order valence-corrected chi connectivity index (χ3v) is 4.07. The Hall–Kier alpha value is -2.34. The highest BCUT2D eigenvalue weighted by molar-refractivity contribution is 7.09. The molecule has 0 aliphatic heterocycles. The van der Waals surface area contributed by atoms with Gasteiger partial charge in [-0.1, -0.05) is 6.07 Å². The number of pyridine rings is 1. The van der Waals surface area contributed by atoms with Crippen LogP contribution in [0.25, 0.3) is 11.4 Å². The molecule has 3 rings (SSSR count). The molecule has 0 aliphatic carbocycles. The summed E-state index contributed by atoms with van der Waals surface area (Å²) >= 11 is 1.69. The van der Waals surface area contributed by atoms with E-state index in [0.717, 1.165) is 47.3 Å². The zero-order valence-electron chi connectivity index (χ0n) is 12.4. The van der Waals surface area contributed by atoms with Crippen molar-refractivity contribution in [1.82, 2.24) is 19.9 Å². The van der Waals surface area contributed by atoms with Gasteiger partial charge in [0, 0.05) is 36.3 Å². The van der Waals surface area contributed by atoms with E-state index in [-0.39, 0.29) is 0 Å². The minimum absolute atomic E-state index is 0.870. The Balaban J connectivity index is 1.49. The van der Waals surface area contributed by atoms with E-state index >= 15 is 0 Å². The second-order valence-electron chi connectivity index (χ2n) is 4.92. The van der Waals surface area contributed by atoms with Gasteiger partial charge < -0.3 is 5.32 Å². The SMILES string of the molecule is Cc1cc(NCCCc2nc(-c3ccccn3)cs2)ncn1. The molecule has 0 saturated heterocycles. The molecule has 0 spiro atoms. The molecule has 1 N–H and O–H groups in total. The van der Waals surface area contributed by atoms with Crippen molar-refractivity contribution in [3.8, 4) is 11.4 Å². The third-order valence-electron chi connectivity index (χ3n) is 3.16. The van der Waals surface area contributed by atoms with Gasteiger partial charge in [0.2, 0.25) is 0 Å². The maximum Gasteiger partial charge on any atom is 0.129 e. The molecule has 0 aliphatic rings. The van der Waals surface area contributed by atoms with Crippen LogP contribution in [0.2, 0.25) is 0 Å². The Bertz CT molecular complexity index is 726. The molecule has 3 aromatic rings. The predicted octanol–water partition coefficient (Wildman–Crippen LogP) is 3.35. The van der Waals surface area contributed by atoms with Crippen LogP contribution in [-0.2, 0) is 6.42 Å². The van der Waals surface area contributed by atoms with Crippen molar-refractivity contribution in [1.29, 1.82) is 0 Å². The van der Waals surface area contributed by atoms with Crippen molar-refractivity contribution in [2.75, 3.05) is 11.9 Å². The quantitative estimate of drug-likeness (QED) is 0.707. The lowest BCUT2D eigenvalue weighted by atomic mass is 10.3. The zero-order chi connectivity index (χ0) is 15.2. The number of nitrogens with zero attached hydrogens (tertiary/aromatic N) is 4. The first-order valence-electron chi connectivity index (χ1n) is 7.19. The summed E-state index contributed by atoms with van der Waals surface area (Å²) in [4.78, 5) is 17.2. The molecule has 0 radical (unpaired) electrons. The number of aryl methyl sites for hydroxylation is 2. The Morgan fingerprint density at radius 3 is 2.91 bits per heavy atom. The lowest BCUT2D eigenvalue weighted by Crippen LogP contribution is -2.05. The second kappa shape index (κ2) is 7.09. The van der Waals surface area contributed by atoms with Crippen LogP contribution in [0.1, 0.15) is 17.1 Å². The predicted molar refractivity (Wildman–Crippen MR) is 88.9 cm³/mol. The fourth-order valence-electron chi connectivity index (χ4n) is 2.06. The maximum atomic E-state index is 4.64. The topological polar surface area (TPSA) is 63.6 Å². The van der Waals surface area contributed by atoms with Crippen LogP contribution in [0.3, 0.4) is 0 Å². The van der Waals surface area contributed by atoms with Crippen molar-refractivity contribution in [2.45, 2.75) is 19.8 Å². The number of thiazole rings is 1. The summed E-state index contributed by atoms with van der Waals surface area (Å²) < 4.78 is 0. The molecule has 5 nitrogen and oxygen atoms in total. The van der Waals surface area contributed by atoms with E-state index in [1.165, 1.54) is 0 Å². The first-order valence-corrected chi connectivity index (χ1v) is 8.07. The van der Waals surface area contributed by atoms with Crippen LogP contribution in [-0.4, -0.2) is 26.5 Å². The first kappa shape index (κ1) is 14.6. The van der Waals surface area contributed by atoms with E-state index in [2.05, 4.69) is 30.6 Å². The number of hydrogen-bond acceptors (Lipinski definition) is 6. The molecular weight excluding hydrogens is 294 g/mol. The standard InChI is InChI=1S/C16H17N5S/c1-12-9-15(20-11-19-12)18-8-4-6-16-21-14(10-22-16)13-5-2-3-7-17-13/h2-3,5,7,9-11H,4,6,8H2,1H3,(H,18,19,20). The van der Waals surface area contributed by atoms with Crippen LogP contribution < -0.4 is 5.32 Å². The third kappa shape index (κ3) is 3.85. The molecule has 0 fully saturated rings. The maximum absolute atomic E-state index is 4.64. The summed E-state index contributed by atoms with van der Waals surface area (Å²) in [6.45, 7) is 2.83. The van der Waals surface area contributed by atoms with Gasteiger partial charge in [0.05, 0.1) is 16.4 Å². The van der Waals surface area contributed by atoms with Crippen molar-refractivity contribution in [3.63, 3.8) is 0 Å². The minimum atomic E-state index is 0.870. The number of rotatable bonds is 6. The zero-order valence-corrected chi connectivity index (χ0v) is 13.2. The first-order chi connectivity index (χ1) is 10.8. The second-order valence-corrected chi connectivity index (χ2v) is 5.86. The summed E-state index contributed by atoms with van der Waals surface area (Å²) in [6.07, 6.45) is 5.34. The Labute approximate surface area is 133 Å². The monoisotopic (exact) mass is 311 g/mol. The van der Waals surface area contributed by atoms with Gasteiger partial charge in [0.1, 0.15) is 12.1 Å². The summed E-state index contributed by atoms with van der Waals surface area (Å²) in [5, 5.41) is 6.52. The lowest BCUT2D eigenvalue weighted by Gasteiger charge is -2.04. The van der Waals surface area contributed by atoms with Crippen LogP contribution in [0.15, 0.2) is 42.2 Å². The molecule has 0 unspecified atom stereocenters. The van der Waals surface area contributed by atoms with E-state index in [1.54, 1.807) is 23.9 Å². The molecule has 22 heavy (non-hydrogen) atoms. The summed E-state index contributed by atoms with van der Waals surface area (Å²) in [5.74, 6) is 0.876. The van der Waals surface area contributed by atoms with Gasteiger partial charge in [0.15, 0.2) is 0 Å². The molecule has 0 bridgehead atoms. The van der Waals surface area contributed by atoms with Crippen LogP contribution in [0.4, 0.5) is 5.82 Å². The van der Waals surface area contributed by atoms with Crippen LogP contribution in [0, 0.1) is 6.92 Å². The number of hydrogen-bond donors (Lipinski definition) is 1. The fraction of sp³-hybridized carbons (Fsp3) is 0.250. The molecule has 0 saturated carbocycles. The van der Waals surface area contributed by atoms with Gasteiger partial charge in [-0.15, -0.1) is 11.3 Å². The molecule has 0 aromatic carbocycles. The van der Waals surface area contributed by atoms with Crippen LogP contribution in [0.5, 0.6) is 0 Å². The summed E-state index contributed by atoms with van der Waals surface area (Å²) in [7, 11) is 0. The lowest BCUT2D eigenvalue weighted by molar-refractivity contribution is 0.850. The number of aromatic nitrogens is 4. The van der Waals surface area contributed by atoms with Gasteiger partial charge in [-0.3, -0.25) is 4.98 Å². The average Bonchev–Trinajstić information content (AvgIpc) is 3.01. The molecule has 3 heterocycles. The Morgan fingerprint density at radius 1 is 1.14 bits per heavy atom. The normalized spacial score (nSPS) is 10.6. The van der Waals surface area contributed by atoms with Crippen LogP contribution >= 0.6 is 11.3 Å². The van der Waals surface area contributed by atoms with Gasteiger partial charge in [0.25, 0.3) is 0 Å². The van der Waals surface area contributed by atoms with E-state index < -0.39 is 0 Å². The number of anilines is 1. The largest absolute Gasteiger partial charge is 0.370 e. The minimum Gasteiger partial charge on any atom is -0.370 e. The smallest absolute Gasteiger partial charge is 0.129 e. The van der Waals surface area contributed by atoms with E-state index in [1.807, 2.05) is 31.2 Å². The van der Waals surface area contributed by atoms with Gasteiger partial charge >= 0.3 is 0 Å². The molecule has 6 heteroatoms. The average molecular weight is 311 g/mol. The van der Waals surface area contributed by atoms with Crippen molar-refractivity contribution in [3.05, 3.63) is 52.9 Å². The Morgan fingerprint density at radius 2 is 2.09 bits per heavy atom. The van der Waals surface area contributed by atoms with Crippen molar-refractivity contribution < 1.29 is 0 Å². The molecule has 0 amide bonds. The van der Waals surface area contributed by atoms with Gasteiger partial charge in [-0.2, -0.15) is 0 Å². The number of nitrogens with one attached hydrogen (secondary N) is 1. The van der Waals surface area contributed by atoms with E-state index in [4.69, 9.17) is 0 Å². The summed E-state index contributed by atoms with van der Waals surface area (Å²) in [6, 6.07) is 7.83. The van der Waals surface area contributed by atoms with E-state index in [9.17, 15) is 0 Å². The molecule has 3 aromatic heterocycles. The van der Waals surface area contributed by atoms with E-state index in [0.29, 0.717) is 0 Å².